The minimum Gasteiger partial charge on any atom is -0.393 e. The molecule has 2 aromatic rings. The Morgan fingerprint density at radius 1 is 1.37 bits per heavy atom. The largest absolute Gasteiger partial charge is 0.393 e. The lowest BCUT2D eigenvalue weighted by Gasteiger charge is -2.09. The third kappa shape index (κ3) is 4.40. The maximum Gasteiger partial charge on any atom is 0.229 e. The zero-order chi connectivity index (χ0) is 13.8. The van der Waals surface area contributed by atoms with Crippen LogP contribution in [0.4, 0.5) is 0 Å². The zero-order valence-corrected chi connectivity index (χ0v) is 12.3. The van der Waals surface area contributed by atoms with Crippen molar-refractivity contribution in [2.75, 3.05) is 0 Å². The van der Waals surface area contributed by atoms with Gasteiger partial charge < -0.3 is 9.63 Å². The van der Waals surface area contributed by atoms with Crippen molar-refractivity contribution in [3.05, 3.63) is 27.8 Å². The summed E-state index contributed by atoms with van der Waals surface area (Å²) in [5.41, 5.74) is 1.01. The fraction of sp³-hybridized carbons (Fsp3) is 0.615. The number of aliphatic hydroxyl groups is 1. The second-order valence-corrected chi connectivity index (χ2v) is 6.09. The fourth-order valence-corrected chi connectivity index (χ4v) is 2.66. The van der Waals surface area contributed by atoms with Crippen molar-refractivity contribution in [1.29, 1.82) is 0 Å². The minimum absolute atomic E-state index is 0.419. The van der Waals surface area contributed by atoms with Crippen molar-refractivity contribution in [3.63, 3.8) is 0 Å². The van der Waals surface area contributed by atoms with E-state index in [-0.39, 0.29) is 0 Å². The number of aliphatic hydroxyl groups excluding tert-OH is 1. The molecular formula is C13H19N3O2S. The first-order valence-corrected chi connectivity index (χ1v) is 7.31. The van der Waals surface area contributed by atoms with Crippen LogP contribution in [0.25, 0.3) is 0 Å². The van der Waals surface area contributed by atoms with E-state index in [1.54, 1.807) is 11.3 Å². The maximum absolute atomic E-state index is 9.84. The highest BCUT2D eigenvalue weighted by Crippen LogP contribution is 2.14. The summed E-state index contributed by atoms with van der Waals surface area (Å²) in [4.78, 5) is 8.65. The molecule has 104 valence electrons. The van der Waals surface area contributed by atoms with E-state index < -0.39 is 6.10 Å². The number of hydrogen-bond acceptors (Lipinski definition) is 6. The van der Waals surface area contributed by atoms with Crippen molar-refractivity contribution in [3.8, 4) is 0 Å². The molecular weight excluding hydrogens is 262 g/mol. The van der Waals surface area contributed by atoms with Crippen molar-refractivity contribution in [2.45, 2.75) is 46.1 Å². The van der Waals surface area contributed by atoms with E-state index in [1.807, 2.05) is 12.3 Å². The van der Waals surface area contributed by atoms with Crippen LogP contribution in [-0.4, -0.2) is 26.3 Å². The summed E-state index contributed by atoms with van der Waals surface area (Å²) in [5, 5.41) is 16.7. The molecule has 2 aromatic heterocycles. The summed E-state index contributed by atoms with van der Waals surface area (Å²) in [6, 6.07) is 0. The third-order valence-corrected chi connectivity index (χ3v) is 3.61. The van der Waals surface area contributed by atoms with E-state index in [2.05, 4.69) is 29.0 Å². The molecule has 0 bridgehead atoms. The molecule has 0 spiro atoms. The van der Waals surface area contributed by atoms with E-state index in [4.69, 9.17) is 4.52 Å². The third-order valence-electron chi connectivity index (χ3n) is 2.64. The topological polar surface area (TPSA) is 72.0 Å². The van der Waals surface area contributed by atoms with Gasteiger partial charge in [0.2, 0.25) is 5.89 Å². The molecule has 0 saturated heterocycles. The Bertz CT molecular complexity index is 521. The van der Waals surface area contributed by atoms with Gasteiger partial charge in [0.05, 0.1) is 18.9 Å². The molecule has 0 aromatic carbocycles. The number of nitrogens with zero attached hydrogens (tertiary/aromatic N) is 3. The van der Waals surface area contributed by atoms with Gasteiger partial charge in [0.15, 0.2) is 5.82 Å². The van der Waals surface area contributed by atoms with E-state index in [0.29, 0.717) is 30.5 Å². The van der Waals surface area contributed by atoms with Crippen LogP contribution in [0.15, 0.2) is 9.90 Å². The molecule has 1 atom stereocenters. The molecule has 1 N–H and O–H groups in total. The first-order valence-electron chi connectivity index (χ1n) is 6.43. The van der Waals surface area contributed by atoms with E-state index >= 15 is 0 Å². The van der Waals surface area contributed by atoms with Crippen LogP contribution in [-0.2, 0) is 12.8 Å². The number of thiazole rings is 1. The van der Waals surface area contributed by atoms with Gasteiger partial charge in [-0.2, -0.15) is 4.98 Å². The van der Waals surface area contributed by atoms with Crippen LogP contribution in [0.2, 0.25) is 0 Å². The molecule has 1 unspecified atom stereocenters. The molecule has 0 aliphatic carbocycles. The molecule has 2 heterocycles. The second kappa shape index (κ2) is 6.25. The molecule has 0 saturated carbocycles. The number of aromatic nitrogens is 3. The van der Waals surface area contributed by atoms with Gasteiger partial charge in [-0.05, 0) is 19.3 Å². The molecule has 6 heteroatoms. The quantitative estimate of drug-likeness (QED) is 0.880. The van der Waals surface area contributed by atoms with Crippen molar-refractivity contribution < 1.29 is 9.63 Å². The highest BCUT2D eigenvalue weighted by Gasteiger charge is 2.14. The van der Waals surface area contributed by atoms with Gasteiger partial charge in [-0.1, -0.05) is 19.0 Å². The van der Waals surface area contributed by atoms with Gasteiger partial charge in [-0.15, -0.1) is 11.3 Å². The van der Waals surface area contributed by atoms with Crippen LogP contribution in [0.1, 0.15) is 42.7 Å². The summed E-state index contributed by atoms with van der Waals surface area (Å²) in [5.74, 6) is 1.58. The Hall–Kier alpha value is -1.27. The van der Waals surface area contributed by atoms with Gasteiger partial charge in [0.1, 0.15) is 5.01 Å². The Labute approximate surface area is 116 Å². The van der Waals surface area contributed by atoms with Crippen molar-refractivity contribution >= 4 is 11.3 Å². The van der Waals surface area contributed by atoms with Crippen LogP contribution >= 0.6 is 11.3 Å². The Morgan fingerprint density at radius 2 is 2.16 bits per heavy atom. The smallest absolute Gasteiger partial charge is 0.229 e. The monoisotopic (exact) mass is 281 g/mol. The normalized spacial score (nSPS) is 13.1. The van der Waals surface area contributed by atoms with Crippen molar-refractivity contribution in [2.24, 2.45) is 5.92 Å². The van der Waals surface area contributed by atoms with E-state index in [0.717, 1.165) is 17.1 Å². The van der Waals surface area contributed by atoms with Crippen LogP contribution in [0, 0.1) is 12.8 Å². The molecule has 19 heavy (non-hydrogen) atoms. The summed E-state index contributed by atoms with van der Waals surface area (Å²) >= 11 is 1.59. The molecule has 0 aliphatic heterocycles. The molecule has 0 aliphatic rings. The number of hydrogen-bond donors (Lipinski definition) is 1. The van der Waals surface area contributed by atoms with Crippen LogP contribution in [0.5, 0.6) is 0 Å². The summed E-state index contributed by atoms with van der Waals surface area (Å²) < 4.78 is 5.15. The fourth-order valence-electron chi connectivity index (χ4n) is 1.89. The van der Waals surface area contributed by atoms with Crippen molar-refractivity contribution in [1.82, 2.24) is 15.1 Å². The average Bonchev–Trinajstić information content (AvgIpc) is 2.88. The van der Waals surface area contributed by atoms with E-state index in [9.17, 15) is 5.11 Å². The zero-order valence-electron chi connectivity index (χ0n) is 11.5. The summed E-state index contributed by atoms with van der Waals surface area (Å²) in [6.45, 7) is 6.12. The Kier molecular flexibility index (Phi) is 4.66. The lowest BCUT2D eigenvalue weighted by Crippen LogP contribution is -2.13. The predicted molar refractivity (Wildman–Crippen MR) is 73.1 cm³/mol. The van der Waals surface area contributed by atoms with Gasteiger partial charge in [-0.25, -0.2) is 4.98 Å². The Morgan fingerprint density at radius 3 is 2.79 bits per heavy atom. The summed E-state index contributed by atoms with van der Waals surface area (Å²) in [6.07, 6.45) is 1.32. The number of rotatable bonds is 6. The van der Waals surface area contributed by atoms with E-state index in [1.165, 1.54) is 0 Å². The van der Waals surface area contributed by atoms with Crippen LogP contribution < -0.4 is 0 Å². The molecule has 2 rings (SSSR count). The number of aryl methyl sites for hydroxylation is 1. The summed E-state index contributed by atoms with van der Waals surface area (Å²) in [7, 11) is 0. The first-order chi connectivity index (χ1) is 9.02. The lowest BCUT2D eigenvalue weighted by atomic mass is 10.0. The SMILES string of the molecule is Cc1csc(Cc2noc(CC(O)CC(C)C)n2)n1. The van der Waals surface area contributed by atoms with Gasteiger partial charge >= 0.3 is 0 Å². The highest BCUT2D eigenvalue weighted by molar-refractivity contribution is 7.09. The van der Waals surface area contributed by atoms with Crippen LogP contribution in [0.3, 0.4) is 0 Å². The maximum atomic E-state index is 9.84. The average molecular weight is 281 g/mol. The van der Waals surface area contributed by atoms with Gasteiger partial charge in [0, 0.05) is 11.1 Å². The molecule has 0 fully saturated rings. The first kappa shape index (κ1) is 14.1. The molecule has 0 radical (unpaired) electrons. The minimum atomic E-state index is -0.421. The predicted octanol–water partition coefficient (Wildman–Crippen LogP) is 2.37. The Balaban J connectivity index is 1.91. The standard InChI is InChI=1S/C13H19N3O2S/c1-8(2)4-10(17)5-12-15-11(16-18-12)6-13-14-9(3)7-19-13/h7-8,10,17H,4-6H2,1-3H3. The highest BCUT2D eigenvalue weighted by atomic mass is 32.1. The second-order valence-electron chi connectivity index (χ2n) is 5.15. The molecule has 0 amide bonds. The molecule has 5 nitrogen and oxygen atoms in total. The van der Waals surface area contributed by atoms with Gasteiger partial charge in [0.25, 0.3) is 0 Å². The lowest BCUT2D eigenvalue weighted by molar-refractivity contribution is 0.138. The van der Waals surface area contributed by atoms with Gasteiger partial charge in [-0.3, -0.25) is 0 Å².